The standard InChI is InChI=1S/C13H20FNO/c1-3-5-10(8-15)13(16)11-7-4-6-9(2)12(11)14/h4,6-7,10,13,16H,3,5,8,15H2,1-2H3. The second kappa shape index (κ2) is 5.97. The van der Waals surface area contributed by atoms with Gasteiger partial charge in [0, 0.05) is 11.5 Å². The Balaban J connectivity index is 2.94. The van der Waals surface area contributed by atoms with E-state index in [-0.39, 0.29) is 11.7 Å². The van der Waals surface area contributed by atoms with Crippen LogP contribution >= 0.6 is 0 Å². The molecule has 0 spiro atoms. The summed E-state index contributed by atoms with van der Waals surface area (Å²) in [6, 6.07) is 5.09. The van der Waals surface area contributed by atoms with Gasteiger partial charge < -0.3 is 10.8 Å². The smallest absolute Gasteiger partial charge is 0.131 e. The predicted octanol–water partition coefficient (Wildman–Crippen LogP) is 2.54. The van der Waals surface area contributed by atoms with Crippen molar-refractivity contribution >= 4 is 0 Å². The molecule has 90 valence electrons. The molecule has 16 heavy (non-hydrogen) atoms. The van der Waals surface area contributed by atoms with Crippen molar-refractivity contribution in [1.29, 1.82) is 0 Å². The van der Waals surface area contributed by atoms with Crippen molar-refractivity contribution in [2.45, 2.75) is 32.8 Å². The second-order valence-corrected chi connectivity index (χ2v) is 4.21. The monoisotopic (exact) mass is 225 g/mol. The zero-order valence-corrected chi connectivity index (χ0v) is 9.91. The average Bonchev–Trinajstić information content (AvgIpc) is 2.29. The van der Waals surface area contributed by atoms with Crippen LogP contribution in [0.3, 0.4) is 0 Å². The highest BCUT2D eigenvalue weighted by atomic mass is 19.1. The Morgan fingerprint density at radius 1 is 1.44 bits per heavy atom. The summed E-state index contributed by atoms with van der Waals surface area (Å²) in [6.07, 6.45) is 0.946. The van der Waals surface area contributed by atoms with Crippen LogP contribution in [0.5, 0.6) is 0 Å². The fourth-order valence-corrected chi connectivity index (χ4v) is 1.93. The van der Waals surface area contributed by atoms with Gasteiger partial charge >= 0.3 is 0 Å². The van der Waals surface area contributed by atoms with E-state index in [1.807, 2.05) is 6.92 Å². The summed E-state index contributed by atoms with van der Waals surface area (Å²) in [5, 5.41) is 10.1. The number of aryl methyl sites for hydroxylation is 1. The van der Waals surface area contributed by atoms with E-state index in [9.17, 15) is 9.50 Å². The van der Waals surface area contributed by atoms with Gasteiger partial charge in [-0.3, -0.25) is 0 Å². The molecule has 0 heterocycles. The molecule has 0 saturated carbocycles. The van der Waals surface area contributed by atoms with Gasteiger partial charge in [-0.05, 0) is 25.5 Å². The van der Waals surface area contributed by atoms with Crippen molar-refractivity contribution in [2.24, 2.45) is 11.7 Å². The van der Waals surface area contributed by atoms with Gasteiger partial charge in [-0.25, -0.2) is 4.39 Å². The summed E-state index contributed by atoms with van der Waals surface area (Å²) < 4.78 is 13.8. The lowest BCUT2D eigenvalue weighted by molar-refractivity contribution is 0.103. The first kappa shape index (κ1) is 13.1. The fraction of sp³-hybridized carbons (Fsp3) is 0.538. The highest BCUT2D eigenvalue weighted by molar-refractivity contribution is 5.27. The second-order valence-electron chi connectivity index (χ2n) is 4.21. The Labute approximate surface area is 96.3 Å². The normalized spacial score (nSPS) is 14.8. The molecule has 0 aliphatic carbocycles. The van der Waals surface area contributed by atoms with Crippen LogP contribution in [0.2, 0.25) is 0 Å². The van der Waals surface area contributed by atoms with Crippen molar-refractivity contribution in [3.63, 3.8) is 0 Å². The minimum Gasteiger partial charge on any atom is -0.388 e. The summed E-state index contributed by atoms with van der Waals surface area (Å²) in [4.78, 5) is 0. The molecule has 0 fully saturated rings. The van der Waals surface area contributed by atoms with Crippen LogP contribution in [-0.4, -0.2) is 11.7 Å². The zero-order chi connectivity index (χ0) is 12.1. The van der Waals surface area contributed by atoms with Crippen LogP contribution in [0, 0.1) is 18.7 Å². The van der Waals surface area contributed by atoms with Gasteiger partial charge in [-0.1, -0.05) is 31.5 Å². The van der Waals surface area contributed by atoms with Crippen LogP contribution in [0.15, 0.2) is 18.2 Å². The number of halogens is 1. The minimum absolute atomic E-state index is 0.0682. The lowest BCUT2D eigenvalue weighted by Crippen LogP contribution is -2.22. The number of hydrogen-bond acceptors (Lipinski definition) is 2. The third-order valence-electron chi connectivity index (χ3n) is 2.95. The Morgan fingerprint density at radius 3 is 2.69 bits per heavy atom. The molecule has 2 nitrogen and oxygen atoms in total. The molecule has 0 bridgehead atoms. The van der Waals surface area contributed by atoms with Crippen molar-refractivity contribution in [3.8, 4) is 0 Å². The summed E-state index contributed by atoms with van der Waals surface area (Å²) in [6.45, 7) is 4.10. The molecule has 1 aromatic rings. The minimum atomic E-state index is -0.801. The number of aliphatic hydroxyl groups is 1. The summed E-state index contributed by atoms with van der Waals surface area (Å²) in [7, 11) is 0. The molecule has 0 aliphatic rings. The number of rotatable bonds is 5. The molecular formula is C13H20FNO. The lowest BCUT2D eigenvalue weighted by atomic mass is 9.91. The highest BCUT2D eigenvalue weighted by Gasteiger charge is 2.22. The number of nitrogens with two attached hydrogens (primary N) is 1. The van der Waals surface area contributed by atoms with E-state index >= 15 is 0 Å². The van der Waals surface area contributed by atoms with E-state index in [1.165, 1.54) is 0 Å². The van der Waals surface area contributed by atoms with Crippen molar-refractivity contribution < 1.29 is 9.50 Å². The van der Waals surface area contributed by atoms with Gasteiger partial charge in [0.2, 0.25) is 0 Å². The summed E-state index contributed by atoms with van der Waals surface area (Å²) >= 11 is 0. The Morgan fingerprint density at radius 2 is 2.12 bits per heavy atom. The van der Waals surface area contributed by atoms with Gasteiger partial charge in [0.05, 0.1) is 6.10 Å². The van der Waals surface area contributed by atoms with Gasteiger partial charge in [0.1, 0.15) is 5.82 Å². The van der Waals surface area contributed by atoms with E-state index in [1.54, 1.807) is 25.1 Å². The summed E-state index contributed by atoms with van der Waals surface area (Å²) in [5.74, 6) is -0.383. The zero-order valence-electron chi connectivity index (χ0n) is 9.91. The Bertz CT molecular complexity index is 341. The van der Waals surface area contributed by atoms with Crippen LogP contribution in [0.1, 0.15) is 37.0 Å². The maximum absolute atomic E-state index is 13.8. The maximum atomic E-state index is 13.8. The van der Waals surface area contributed by atoms with E-state index in [0.717, 1.165) is 12.8 Å². The molecule has 0 aromatic heterocycles. The van der Waals surface area contributed by atoms with E-state index in [2.05, 4.69) is 0 Å². The van der Waals surface area contributed by atoms with E-state index in [4.69, 9.17) is 5.73 Å². The fourth-order valence-electron chi connectivity index (χ4n) is 1.93. The molecule has 0 saturated heterocycles. The average molecular weight is 225 g/mol. The third-order valence-corrected chi connectivity index (χ3v) is 2.95. The van der Waals surface area contributed by atoms with E-state index < -0.39 is 6.10 Å². The predicted molar refractivity (Wildman–Crippen MR) is 63.5 cm³/mol. The number of hydrogen-bond donors (Lipinski definition) is 2. The Hall–Kier alpha value is -0.930. The van der Waals surface area contributed by atoms with Crippen LogP contribution in [0.25, 0.3) is 0 Å². The largest absolute Gasteiger partial charge is 0.388 e. The SMILES string of the molecule is CCCC(CN)C(O)c1cccc(C)c1F. The van der Waals surface area contributed by atoms with Crippen LogP contribution in [0.4, 0.5) is 4.39 Å². The Kier molecular flexibility index (Phi) is 4.90. The molecule has 1 aromatic carbocycles. The maximum Gasteiger partial charge on any atom is 0.131 e. The molecule has 2 atom stereocenters. The third kappa shape index (κ3) is 2.80. The van der Waals surface area contributed by atoms with Gasteiger partial charge in [0.15, 0.2) is 0 Å². The van der Waals surface area contributed by atoms with Crippen molar-refractivity contribution in [1.82, 2.24) is 0 Å². The molecule has 3 heteroatoms. The molecule has 3 N–H and O–H groups in total. The first-order chi connectivity index (χ1) is 7.61. The molecular weight excluding hydrogens is 205 g/mol. The molecule has 2 unspecified atom stereocenters. The van der Waals surface area contributed by atoms with Gasteiger partial charge in [-0.15, -0.1) is 0 Å². The summed E-state index contributed by atoms with van der Waals surface area (Å²) in [5.41, 5.74) is 6.53. The van der Waals surface area contributed by atoms with Crippen LogP contribution < -0.4 is 5.73 Å². The highest BCUT2D eigenvalue weighted by Crippen LogP contribution is 2.28. The lowest BCUT2D eigenvalue weighted by Gasteiger charge is -2.22. The number of aliphatic hydroxyl groups excluding tert-OH is 1. The van der Waals surface area contributed by atoms with Gasteiger partial charge in [0.25, 0.3) is 0 Å². The van der Waals surface area contributed by atoms with Crippen molar-refractivity contribution in [2.75, 3.05) is 6.54 Å². The van der Waals surface area contributed by atoms with Crippen LogP contribution in [-0.2, 0) is 0 Å². The molecule has 1 rings (SSSR count). The van der Waals surface area contributed by atoms with Crippen molar-refractivity contribution in [3.05, 3.63) is 35.1 Å². The molecule has 0 amide bonds. The first-order valence-corrected chi connectivity index (χ1v) is 5.75. The van der Waals surface area contributed by atoms with Gasteiger partial charge in [-0.2, -0.15) is 0 Å². The molecule has 0 radical (unpaired) electrons. The topological polar surface area (TPSA) is 46.2 Å². The first-order valence-electron chi connectivity index (χ1n) is 5.75. The quantitative estimate of drug-likeness (QED) is 0.809. The molecule has 0 aliphatic heterocycles. The van der Waals surface area contributed by atoms with E-state index in [0.29, 0.717) is 17.7 Å². The number of benzene rings is 1.